The Morgan fingerprint density at radius 2 is 1.82 bits per heavy atom. The van der Waals surface area contributed by atoms with E-state index in [0.29, 0.717) is 24.1 Å². The average molecular weight is 404 g/mol. The maximum Gasteiger partial charge on any atom is 0.232 e. The van der Waals surface area contributed by atoms with Gasteiger partial charge in [-0.15, -0.1) is 11.3 Å². The highest BCUT2D eigenvalue weighted by atomic mass is 32.1. The van der Waals surface area contributed by atoms with E-state index in [-0.39, 0.29) is 11.7 Å². The topological polar surface area (TPSA) is 36.4 Å². The van der Waals surface area contributed by atoms with Crippen molar-refractivity contribution in [1.82, 2.24) is 4.98 Å². The van der Waals surface area contributed by atoms with E-state index in [2.05, 4.69) is 18.7 Å². The number of nitrogens with zero attached hydrogens (tertiary/aromatic N) is 3. The normalized spacial score (nSPS) is 20.3. The highest BCUT2D eigenvalue weighted by molar-refractivity contribution is 7.13. The Morgan fingerprint density at radius 1 is 1.21 bits per heavy atom. The molecule has 0 bridgehead atoms. The quantitative estimate of drug-likeness (QED) is 0.691. The zero-order chi connectivity index (χ0) is 20.5. The van der Waals surface area contributed by atoms with E-state index in [1.807, 2.05) is 26.2 Å². The summed E-state index contributed by atoms with van der Waals surface area (Å²) in [4.78, 5) is 21.9. The molecule has 0 aliphatic carbocycles. The predicted octanol–water partition coefficient (Wildman–Crippen LogP) is 5.34. The lowest BCUT2D eigenvalue weighted by atomic mass is 9.92. The number of anilines is 2. The molecule has 1 fully saturated rings. The third-order valence-electron chi connectivity index (χ3n) is 5.02. The molecule has 0 radical (unpaired) electrons. The van der Waals surface area contributed by atoms with Crippen LogP contribution in [0.2, 0.25) is 0 Å². The molecular formula is C22H30FN3OS. The first-order chi connectivity index (χ1) is 13.1. The van der Waals surface area contributed by atoms with E-state index in [1.54, 1.807) is 28.4 Å². The van der Waals surface area contributed by atoms with E-state index in [9.17, 15) is 9.18 Å². The molecule has 6 heteroatoms. The van der Waals surface area contributed by atoms with Crippen LogP contribution in [0, 0.1) is 23.1 Å². The van der Waals surface area contributed by atoms with Crippen LogP contribution in [0.15, 0.2) is 29.6 Å². The lowest BCUT2D eigenvalue weighted by Crippen LogP contribution is -2.39. The third kappa shape index (κ3) is 4.90. The Kier molecular flexibility index (Phi) is 6.08. The van der Waals surface area contributed by atoms with Gasteiger partial charge in [-0.2, -0.15) is 0 Å². The molecule has 1 aromatic heterocycles. The number of amides is 1. The molecule has 0 spiro atoms. The standard InChI is InChI=1S/C22H30FN3OS/c1-15-10-16(2)12-25(11-15)21-24-18(14-28-21)13-26(20(27)22(3,4)5)19-8-6-17(23)7-9-19/h6-9,14-16H,10-13H2,1-5H3. The van der Waals surface area contributed by atoms with Gasteiger partial charge in [-0.05, 0) is 42.5 Å². The van der Waals surface area contributed by atoms with Crippen LogP contribution in [0.25, 0.3) is 0 Å². The van der Waals surface area contributed by atoms with Crippen LogP contribution in [-0.4, -0.2) is 24.0 Å². The van der Waals surface area contributed by atoms with E-state index >= 15 is 0 Å². The molecule has 1 aromatic carbocycles. The minimum Gasteiger partial charge on any atom is -0.348 e. The first-order valence-corrected chi connectivity index (χ1v) is 10.8. The van der Waals surface area contributed by atoms with Crippen LogP contribution in [-0.2, 0) is 11.3 Å². The van der Waals surface area contributed by atoms with Gasteiger partial charge in [0.25, 0.3) is 0 Å². The van der Waals surface area contributed by atoms with E-state index < -0.39 is 5.41 Å². The summed E-state index contributed by atoms with van der Waals surface area (Å²) in [6, 6.07) is 6.09. The zero-order valence-corrected chi connectivity index (χ0v) is 18.2. The molecule has 2 unspecified atom stereocenters. The molecule has 0 N–H and O–H groups in total. The monoisotopic (exact) mass is 403 g/mol. The minimum atomic E-state index is -0.537. The van der Waals surface area contributed by atoms with Crippen molar-refractivity contribution >= 4 is 28.1 Å². The molecule has 1 aliphatic heterocycles. The van der Waals surface area contributed by atoms with Gasteiger partial charge in [-0.25, -0.2) is 9.37 Å². The van der Waals surface area contributed by atoms with Gasteiger partial charge >= 0.3 is 0 Å². The molecule has 2 atom stereocenters. The molecule has 28 heavy (non-hydrogen) atoms. The third-order valence-corrected chi connectivity index (χ3v) is 5.97. The van der Waals surface area contributed by atoms with Crippen molar-refractivity contribution in [3.63, 3.8) is 0 Å². The average Bonchev–Trinajstić information content (AvgIpc) is 3.07. The number of halogens is 1. The molecule has 3 rings (SSSR count). The van der Waals surface area contributed by atoms with Gasteiger partial charge in [0.1, 0.15) is 5.82 Å². The summed E-state index contributed by atoms with van der Waals surface area (Å²) in [6.07, 6.45) is 1.26. The van der Waals surface area contributed by atoms with E-state index in [1.165, 1.54) is 18.6 Å². The highest BCUT2D eigenvalue weighted by Crippen LogP contribution is 2.30. The second-order valence-corrected chi connectivity index (χ2v) is 9.93. The number of thiazole rings is 1. The van der Waals surface area contributed by atoms with Crippen LogP contribution in [0.4, 0.5) is 15.2 Å². The van der Waals surface area contributed by atoms with Crippen molar-refractivity contribution in [2.45, 2.75) is 47.6 Å². The van der Waals surface area contributed by atoms with Crippen LogP contribution in [0.5, 0.6) is 0 Å². The Morgan fingerprint density at radius 3 is 2.39 bits per heavy atom. The number of benzene rings is 1. The molecule has 1 saturated heterocycles. The summed E-state index contributed by atoms with van der Waals surface area (Å²) in [5.41, 5.74) is 1.02. The number of carbonyl (C=O) groups excluding carboxylic acids is 1. The van der Waals surface area contributed by atoms with Gasteiger partial charge < -0.3 is 9.80 Å². The van der Waals surface area contributed by atoms with Gasteiger partial charge in [0.15, 0.2) is 5.13 Å². The fourth-order valence-electron chi connectivity index (χ4n) is 3.80. The molecule has 1 aliphatic rings. The van der Waals surface area contributed by atoms with Crippen molar-refractivity contribution < 1.29 is 9.18 Å². The van der Waals surface area contributed by atoms with Crippen molar-refractivity contribution in [2.24, 2.45) is 17.3 Å². The van der Waals surface area contributed by atoms with E-state index in [4.69, 9.17) is 4.98 Å². The highest BCUT2D eigenvalue weighted by Gasteiger charge is 2.29. The second kappa shape index (κ2) is 8.19. The van der Waals surface area contributed by atoms with Gasteiger partial charge in [0.05, 0.1) is 12.2 Å². The number of aromatic nitrogens is 1. The molecule has 2 heterocycles. The number of carbonyl (C=O) groups is 1. The smallest absolute Gasteiger partial charge is 0.232 e. The summed E-state index contributed by atoms with van der Waals surface area (Å²) >= 11 is 1.64. The maximum atomic E-state index is 13.4. The van der Waals surface area contributed by atoms with Crippen LogP contribution in [0.3, 0.4) is 0 Å². The van der Waals surface area contributed by atoms with Crippen molar-refractivity contribution in [3.05, 3.63) is 41.2 Å². The zero-order valence-electron chi connectivity index (χ0n) is 17.4. The number of piperidine rings is 1. The lowest BCUT2D eigenvalue weighted by Gasteiger charge is -2.34. The van der Waals surface area contributed by atoms with Gasteiger partial charge in [-0.1, -0.05) is 34.6 Å². The fraction of sp³-hybridized carbons (Fsp3) is 0.545. The fourth-order valence-corrected chi connectivity index (χ4v) is 4.64. The van der Waals surface area contributed by atoms with Gasteiger partial charge in [-0.3, -0.25) is 4.79 Å². The summed E-state index contributed by atoms with van der Waals surface area (Å²) in [5, 5.41) is 3.06. The molecule has 4 nitrogen and oxygen atoms in total. The number of hydrogen-bond acceptors (Lipinski definition) is 4. The van der Waals surface area contributed by atoms with Crippen molar-refractivity contribution in [2.75, 3.05) is 22.9 Å². The maximum absolute atomic E-state index is 13.4. The van der Waals surface area contributed by atoms with E-state index in [0.717, 1.165) is 23.9 Å². The van der Waals surface area contributed by atoms with Gasteiger partial charge in [0, 0.05) is 29.6 Å². The molecule has 0 saturated carbocycles. The number of rotatable bonds is 4. The van der Waals surface area contributed by atoms with Crippen molar-refractivity contribution in [3.8, 4) is 0 Å². The SMILES string of the molecule is CC1CC(C)CN(c2nc(CN(C(=O)C(C)(C)C)c3ccc(F)cc3)cs2)C1. The lowest BCUT2D eigenvalue weighted by molar-refractivity contribution is -0.125. The summed E-state index contributed by atoms with van der Waals surface area (Å²) in [5.74, 6) is 1.01. The Bertz CT molecular complexity index is 802. The Labute approximate surface area is 171 Å². The molecular weight excluding hydrogens is 373 g/mol. The molecule has 2 aromatic rings. The largest absolute Gasteiger partial charge is 0.348 e. The Balaban J connectivity index is 1.82. The first kappa shape index (κ1) is 20.8. The van der Waals surface area contributed by atoms with Crippen molar-refractivity contribution in [1.29, 1.82) is 0 Å². The second-order valence-electron chi connectivity index (χ2n) is 9.09. The van der Waals surface area contributed by atoms with Gasteiger partial charge in [0.2, 0.25) is 5.91 Å². The minimum absolute atomic E-state index is 0.00567. The predicted molar refractivity (Wildman–Crippen MR) is 114 cm³/mol. The Hall–Kier alpha value is -1.95. The van der Waals surface area contributed by atoms with Crippen LogP contribution in [0.1, 0.15) is 46.7 Å². The number of hydrogen-bond donors (Lipinski definition) is 0. The molecule has 1 amide bonds. The summed E-state index contributed by atoms with van der Waals surface area (Å²) in [7, 11) is 0. The first-order valence-electron chi connectivity index (χ1n) is 9.90. The van der Waals surface area contributed by atoms with Crippen LogP contribution < -0.4 is 9.80 Å². The summed E-state index contributed by atoms with van der Waals surface area (Å²) < 4.78 is 13.4. The molecule has 152 valence electrons. The summed E-state index contributed by atoms with van der Waals surface area (Å²) in [6.45, 7) is 12.7. The van der Waals surface area contributed by atoms with Crippen LogP contribution >= 0.6 is 11.3 Å².